The Labute approximate surface area is 224 Å². The number of benzene rings is 2. The van der Waals surface area contributed by atoms with Crippen LogP contribution in [0.3, 0.4) is 0 Å². The lowest BCUT2D eigenvalue weighted by Crippen LogP contribution is -2.63. The van der Waals surface area contributed by atoms with Crippen LogP contribution in [0.15, 0.2) is 65.1 Å². The lowest BCUT2D eigenvalue weighted by molar-refractivity contribution is -0.148. The molecule has 0 bridgehead atoms. The van der Waals surface area contributed by atoms with Crippen molar-refractivity contribution >= 4 is 17.5 Å². The average Bonchev–Trinajstić information content (AvgIpc) is 2.87. The van der Waals surface area contributed by atoms with E-state index in [2.05, 4.69) is 11.8 Å². The number of carbonyl (C=O) groups excluding carboxylic acids is 3. The fraction of sp³-hybridized carbons (Fsp3) is 0.300. The smallest absolute Gasteiger partial charge is 0.255 e. The number of hydrogen-bond acceptors (Lipinski definition) is 8. The largest absolute Gasteiger partial charge is 0.510 e. The van der Waals surface area contributed by atoms with E-state index in [9.17, 15) is 34.8 Å². The van der Waals surface area contributed by atoms with E-state index in [1.165, 1.54) is 11.0 Å². The van der Waals surface area contributed by atoms with E-state index in [0.717, 1.165) is 5.56 Å². The molecule has 5 rings (SSSR count). The lowest BCUT2D eigenvalue weighted by atomic mass is 9.58. The van der Waals surface area contributed by atoms with Crippen LogP contribution in [0.1, 0.15) is 33.5 Å². The minimum atomic E-state index is -2.66. The molecule has 2 aromatic rings. The van der Waals surface area contributed by atoms with Crippen LogP contribution in [0.5, 0.6) is 5.75 Å². The molecule has 0 fully saturated rings. The highest BCUT2D eigenvalue weighted by Gasteiger charge is 2.63. The summed E-state index contributed by atoms with van der Waals surface area (Å²) in [5.41, 5.74) is 3.70. The lowest BCUT2D eigenvalue weighted by Gasteiger charge is -2.50. The van der Waals surface area contributed by atoms with Gasteiger partial charge in [0.05, 0.1) is 11.6 Å². The summed E-state index contributed by atoms with van der Waals surface area (Å²) in [5.74, 6) is -0.571. The summed E-state index contributed by atoms with van der Waals surface area (Å²) < 4.78 is 0. The number of phenols is 1. The molecule has 0 aliphatic heterocycles. The second-order valence-electron chi connectivity index (χ2n) is 10.4. The Morgan fingerprint density at radius 3 is 2.44 bits per heavy atom. The number of primary amides is 1. The van der Waals surface area contributed by atoms with Gasteiger partial charge < -0.3 is 26.2 Å². The number of aliphatic hydroxyl groups excluding tert-OH is 2. The number of aliphatic hydroxyl groups is 3. The quantitative estimate of drug-likeness (QED) is 0.297. The summed E-state index contributed by atoms with van der Waals surface area (Å²) in [7, 11) is 3.18. The van der Waals surface area contributed by atoms with E-state index in [1.807, 2.05) is 30.3 Å². The molecule has 3 aliphatic carbocycles. The molecule has 0 heterocycles. The molecule has 0 radical (unpaired) electrons. The van der Waals surface area contributed by atoms with Gasteiger partial charge in [-0.2, -0.15) is 0 Å². The maximum Gasteiger partial charge on any atom is 0.255 e. The van der Waals surface area contributed by atoms with Crippen molar-refractivity contribution in [1.29, 1.82) is 0 Å². The van der Waals surface area contributed by atoms with Crippen molar-refractivity contribution in [1.82, 2.24) is 4.90 Å². The first-order chi connectivity index (χ1) is 18.5. The summed E-state index contributed by atoms with van der Waals surface area (Å²) >= 11 is 0. The van der Waals surface area contributed by atoms with Gasteiger partial charge in [0.15, 0.2) is 11.4 Å². The zero-order valence-corrected chi connectivity index (χ0v) is 21.4. The normalized spacial score (nSPS) is 26.0. The summed E-state index contributed by atoms with van der Waals surface area (Å²) in [6.07, 6.45) is 0.700. The topological polar surface area (TPSA) is 161 Å². The van der Waals surface area contributed by atoms with Gasteiger partial charge in [-0.05, 0) is 56.1 Å². The van der Waals surface area contributed by atoms with E-state index in [1.54, 1.807) is 20.2 Å². The van der Waals surface area contributed by atoms with E-state index >= 15 is 0 Å². The number of aromatic hydroxyl groups is 1. The fourth-order valence-electron chi connectivity index (χ4n) is 6.21. The first kappa shape index (κ1) is 26.2. The number of nitrogens with zero attached hydrogens (tertiary/aromatic N) is 1. The van der Waals surface area contributed by atoms with Crippen LogP contribution in [0.2, 0.25) is 0 Å². The standard InChI is InChI=1S/C30H28N2O7/c1-32(2)24-19-14-17-13-18-16(10-6-9-15-7-4-3-5-8-15)11-12-20(33)22(18)25(34)21(17)27(36)30(19,39)28(37)23(26(24)35)29(31)38/h3-5,7-8,11-12,17,19,24,33,35-36,39H,9,13-14H2,1-2H3,(H2,31,38)/t17-,19+,24-,30-/m0/s1. The third-order valence-electron chi connectivity index (χ3n) is 7.96. The van der Waals surface area contributed by atoms with Crippen LogP contribution in [0, 0.1) is 23.7 Å². The first-order valence-electron chi connectivity index (χ1n) is 12.5. The second kappa shape index (κ2) is 9.42. The number of carbonyl (C=O) groups is 3. The summed E-state index contributed by atoms with van der Waals surface area (Å²) in [6.45, 7) is 0. The van der Waals surface area contributed by atoms with Crippen molar-refractivity contribution in [3.05, 3.63) is 87.4 Å². The van der Waals surface area contributed by atoms with Crippen molar-refractivity contribution in [3.8, 4) is 17.6 Å². The molecule has 6 N–H and O–H groups in total. The molecular formula is C30H28N2O7. The van der Waals surface area contributed by atoms with E-state index in [-0.39, 0.29) is 29.7 Å². The SMILES string of the molecule is CN(C)[C@@H]1C(O)=C(C(N)=O)C(=O)[C@@]2(O)C(O)=C3C(=O)c4c(O)ccc(C#CCc5ccccc5)c4C[C@H]3C[C@H]12. The predicted octanol–water partition coefficient (Wildman–Crippen LogP) is 1.71. The summed E-state index contributed by atoms with van der Waals surface area (Å²) in [4.78, 5) is 40.7. The highest BCUT2D eigenvalue weighted by molar-refractivity contribution is 6.24. The van der Waals surface area contributed by atoms with E-state index in [4.69, 9.17) is 5.73 Å². The highest BCUT2D eigenvalue weighted by Crippen LogP contribution is 2.52. The van der Waals surface area contributed by atoms with Crippen LogP contribution < -0.4 is 5.73 Å². The zero-order chi connectivity index (χ0) is 28.2. The van der Waals surface area contributed by atoms with Gasteiger partial charge in [0, 0.05) is 23.5 Å². The number of rotatable bonds is 3. The van der Waals surface area contributed by atoms with Crippen LogP contribution >= 0.6 is 0 Å². The highest BCUT2D eigenvalue weighted by atomic mass is 16.3. The molecule has 200 valence electrons. The molecule has 3 aliphatic rings. The van der Waals surface area contributed by atoms with Gasteiger partial charge in [-0.25, -0.2) is 0 Å². The maximum absolute atomic E-state index is 13.7. The average molecular weight is 529 g/mol. The van der Waals surface area contributed by atoms with Gasteiger partial charge >= 0.3 is 0 Å². The Hall–Kier alpha value is -4.39. The number of hydrogen-bond donors (Lipinski definition) is 5. The Balaban J connectivity index is 1.63. The minimum Gasteiger partial charge on any atom is -0.510 e. The molecule has 9 nitrogen and oxygen atoms in total. The van der Waals surface area contributed by atoms with Crippen molar-refractivity contribution in [2.75, 3.05) is 14.1 Å². The number of nitrogens with two attached hydrogens (primary N) is 1. The molecule has 0 saturated heterocycles. The van der Waals surface area contributed by atoms with Crippen molar-refractivity contribution in [3.63, 3.8) is 0 Å². The Kier molecular flexibility index (Phi) is 6.33. The predicted molar refractivity (Wildman–Crippen MR) is 141 cm³/mol. The molecule has 9 heteroatoms. The molecule has 0 aromatic heterocycles. The number of amides is 1. The van der Waals surface area contributed by atoms with Crippen LogP contribution in [0.25, 0.3) is 0 Å². The monoisotopic (exact) mass is 528 g/mol. The van der Waals surface area contributed by atoms with Crippen LogP contribution in [0.4, 0.5) is 0 Å². The number of ketones is 2. The number of likely N-dealkylation sites (N-methyl/N-ethyl adjacent to an activating group) is 1. The minimum absolute atomic E-state index is 0.0261. The van der Waals surface area contributed by atoms with Crippen LogP contribution in [-0.4, -0.2) is 68.5 Å². The van der Waals surface area contributed by atoms with Gasteiger partial charge in [-0.1, -0.05) is 42.2 Å². The Morgan fingerprint density at radius 1 is 1.10 bits per heavy atom. The molecule has 0 saturated carbocycles. The third-order valence-corrected chi connectivity index (χ3v) is 7.96. The number of Topliss-reactive ketones (excluding diaryl/α,β-unsaturated/α-hetero) is 2. The number of allylic oxidation sites excluding steroid dienone is 1. The van der Waals surface area contributed by atoms with Crippen molar-refractivity contribution in [2.24, 2.45) is 17.6 Å². The van der Waals surface area contributed by atoms with E-state index in [0.29, 0.717) is 17.5 Å². The molecule has 0 spiro atoms. The molecule has 39 heavy (non-hydrogen) atoms. The Morgan fingerprint density at radius 2 is 1.79 bits per heavy atom. The number of fused-ring (bicyclic) bond motifs is 3. The van der Waals surface area contributed by atoms with Gasteiger partial charge in [0.25, 0.3) is 5.91 Å². The van der Waals surface area contributed by atoms with Crippen molar-refractivity contribution < 1.29 is 34.8 Å². The molecule has 4 atom stereocenters. The summed E-state index contributed by atoms with van der Waals surface area (Å²) in [5, 5.41) is 44.5. The van der Waals surface area contributed by atoms with Gasteiger partial charge in [0.2, 0.25) is 5.78 Å². The summed E-state index contributed by atoms with van der Waals surface area (Å²) in [6, 6.07) is 11.6. The molecule has 0 unspecified atom stereocenters. The second-order valence-corrected chi connectivity index (χ2v) is 10.4. The maximum atomic E-state index is 13.7. The van der Waals surface area contributed by atoms with Gasteiger partial charge in [-0.3, -0.25) is 19.3 Å². The first-order valence-corrected chi connectivity index (χ1v) is 12.5. The third kappa shape index (κ3) is 3.92. The molecule has 2 aromatic carbocycles. The van der Waals surface area contributed by atoms with Gasteiger partial charge in [0.1, 0.15) is 22.8 Å². The van der Waals surface area contributed by atoms with Crippen molar-refractivity contribution in [2.45, 2.75) is 30.9 Å². The number of phenolic OH excluding ortho intramolecular Hbond substituents is 1. The molecular weight excluding hydrogens is 500 g/mol. The Bertz CT molecular complexity index is 1540. The zero-order valence-electron chi connectivity index (χ0n) is 21.4. The fourth-order valence-corrected chi connectivity index (χ4v) is 6.21. The van der Waals surface area contributed by atoms with E-state index < -0.39 is 58.0 Å². The van der Waals surface area contributed by atoms with Gasteiger partial charge in [-0.15, -0.1) is 0 Å². The molecule has 1 amide bonds. The van der Waals surface area contributed by atoms with Crippen LogP contribution in [-0.2, 0) is 22.4 Å².